The maximum Gasteiger partial charge on any atom is 0.189 e. The summed E-state index contributed by atoms with van der Waals surface area (Å²) in [5.74, 6) is 0.620. The Hall–Kier alpha value is -0.770. The summed E-state index contributed by atoms with van der Waals surface area (Å²) in [5.41, 5.74) is 5.74. The Morgan fingerprint density at radius 3 is 2.54 bits per heavy atom. The highest BCUT2D eigenvalue weighted by Crippen LogP contribution is 2.18. The molecule has 0 radical (unpaired) electrons. The van der Waals surface area contributed by atoms with Crippen LogP contribution in [0, 0.1) is 0 Å². The van der Waals surface area contributed by atoms with E-state index in [1.54, 1.807) is 0 Å². The van der Waals surface area contributed by atoms with Crippen molar-refractivity contribution in [3.05, 3.63) is 0 Å². The molecule has 1 saturated heterocycles. The van der Waals surface area contributed by atoms with Crippen LogP contribution in [-0.4, -0.2) is 31.3 Å². The van der Waals surface area contributed by atoms with Gasteiger partial charge in [0.25, 0.3) is 0 Å². The van der Waals surface area contributed by atoms with Crippen LogP contribution < -0.4 is 11.1 Å². The summed E-state index contributed by atoms with van der Waals surface area (Å²) in [6, 6.07) is 0.976. The summed E-state index contributed by atoms with van der Waals surface area (Å²) in [7, 11) is 0. The second-order valence-electron chi connectivity index (χ2n) is 3.78. The molecular formula is C9H17N3O. The Labute approximate surface area is 78.5 Å². The largest absolute Gasteiger partial charge is 0.381 e. The van der Waals surface area contributed by atoms with Crippen LogP contribution in [0.15, 0.2) is 4.99 Å². The lowest BCUT2D eigenvalue weighted by atomic mass is 10.1. The fraction of sp³-hybridized carbons (Fsp3) is 0.889. The predicted molar refractivity (Wildman–Crippen MR) is 51.6 cm³/mol. The Balaban J connectivity index is 1.77. The topological polar surface area (TPSA) is 59.6 Å². The SMILES string of the molecule is NC(=NC1CCOCC1)NC1CC1. The summed E-state index contributed by atoms with van der Waals surface area (Å²) in [6.07, 6.45) is 4.49. The molecular weight excluding hydrogens is 166 g/mol. The summed E-state index contributed by atoms with van der Waals surface area (Å²) in [5, 5.41) is 3.19. The molecule has 1 aliphatic heterocycles. The molecule has 2 aliphatic rings. The van der Waals surface area contributed by atoms with Crippen molar-refractivity contribution in [2.45, 2.75) is 37.8 Å². The molecule has 1 saturated carbocycles. The van der Waals surface area contributed by atoms with Crippen LogP contribution in [-0.2, 0) is 4.74 Å². The van der Waals surface area contributed by atoms with Gasteiger partial charge >= 0.3 is 0 Å². The van der Waals surface area contributed by atoms with Crippen molar-refractivity contribution in [3.63, 3.8) is 0 Å². The molecule has 0 atom stereocenters. The van der Waals surface area contributed by atoms with Gasteiger partial charge in [-0.15, -0.1) is 0 Å². The lowest BCUT2D eigenvalue weighted by Gasteiger charge is -2.19. The number of rotatable bonds is 2. The van der Waals surface area contributed by atoms with Gasteiger partial charge in [0.2, 0.25) is 0 Å². The third-order valence-electron chi connectivity index (χ3n) is 2.44. The van der Waals surface area contributed by atoms with E-state index in [9.17, 15) is 0 Å². The number of nitrogens with one attached hydrogen (secondary N) is 1. The third kappa shape index (κ3) is 2.88. The fourth-order valence-electron chi connectivity index (χ4n) is 1.49. The molecule has 3 N–H and O–H groups in total. The molecule has 0 aromatic rings. The Morgan fingerprint density at radius 2 is 1.92 bits per heavy atom. The highest BCUT2D eigenvalue weighted by atomic mass is 16.5. The smallest absolute Gasteiger partial charge is 0.189 e. The zero-order valence-electron chi connectivity index (χ0n) is 7.83. The molecule has 2 rings (SSSR count). The van der Waals surface area contributed by atoms with E-state index in [0.717, 1.165) is 26.1 Å². The Morgan fingerprint density at radius 1 is 1.23 bits per heavy atom. The van der Waals surface area contributed by atoms with Gasteiger partial charge in [-0.3, -0.25) is 0 Å². The third-order valence-corrected chi connectivity index (χ3v) is 2.44. The van der Waals surface area contributed by atoms with Gasteiger partial charge in [0.15, 0.2) is 5.96 Å². The second kappa shape index (κ2) is 3.96. The molecule has 0 aromatic carbocycles. The van der Waals surface area contributed by atoms with Gasteiger partial charge in [-0.1, -0.05) is 0 Å². The number of guanidine groups is 1. The monoisotopic (exact) mass is 183 g/mol. The molecule has 0 amide bonds. The maximum atomic E-state index is 5.74. The molecule has 0 bridgehead atoms. The summed E-state index contributed by atoms with van der Waals surface area (Å²) >= 11 is 0. The number of ether oxygens (including phenoxy) is 1. The van der Waals surface area contributed by atoms with Gasteiger partial charge in [0, 0.05) is 19.3 Å². The molecule has 4 heteroatoms. The Kier molecular flexibility index (Phi) is 2.68. The van der Waals surface area contributed by atoms with E-state index in [2.05, 4.69) is 10.3 Å². The minimum absolute atomic E-state index is 0.375. The highest BCUT2D eigenvalue weighted by Gasteiger charge is 2.22. The van der Waals surface area contributed by atoms with E-state index in [1.807, 2.05) is 0 Å². The van der Waals surface area contributed by atoms with E-state index < -0.39 is 0 Å². The molecule has 13 heavy (non-hydrogen) atoms. The molecule has 1 aliphatic carbocycles. The van der Waals surface area contributed by atoms with Gasteiger partial charge in [0.1, 0.15) is 0 Å². The summed E-state index contributed by atoms with van der Waals surface area (Å²) in [6.45, 7) is 1.65. The van der Waals surface area contributed by atoms with E-state index in [-0.39, 0.29) is 0 Å². The molecule has 74 valence electrons. The van der Waals surface area contributed by atoms with Gasteiger partial charge < -0.3 is 15.8 Å². The first-order chi connectivity index (χ1) is 6.34. The highest BCUT2D eigenvalue weighted by molar-refractivity contribution is 5.78. The number of aliphatic imine (C=N–C) groups is 1. The van der Waals surface area contributed by atoms with Crippen LogP contribution in [0.4, 0.5) is 0 Å². The van der Waals surface area contributed by atoms with Crippen LogP contribution in [0.2, 0.25) is 0 Å². The van der Waals surface area contributed by atoms with Crippen LogP contribution in [0.3, 0.4) is 0 Å². The minimum atomic E-state index is 0.375. The standard InChI is InChI=1S/C9H17N3O/c10-9(11-7-1-2-7)12-8-3-5-13-6-4-8/h7-8H,1-6H2,(H3,10,11,12). The second-order valence-corrected chi connectivity index (χ2v) is 3.78. The van der Waals surface area contributed by atoms with Crippen molar-refractivity contribution in [2.24, 2.45) is 10.7 Å². The molecule has 2 fully saturated rings. The lowest BCUT2D eigenvalue weighted by Crippen LogP contribution is -2.35. The predicted octanol–water partition coefficient (Wildman–Crippen LogP) is 0.232. The average Bonchev–Trinajstić information content (AvgIpc) is 2.90. The number of hydrogen-bond acceptors (Lipinski definition) is 2. The first kappa shape index (κ1) is 8.81. The number of hydrogen-bond donors (Lipinski definition) is 2. The van der Waals surface area contributed by atoms with E-state index >= 15 is 0 Å². The van der Waals surface area contributed by atoms with Crippen LogP contribution in [0.1, 0.15) is 25.7 Å². The van der Waals surface area contributed by atoms with Crippen molar-refractivity contribution in [3.8, 4) is 0 Å². The van der Waals surface area contributed by atoms with Gasteiger partial charge in [-0.2, -0.15) is 0 Å². The van der Waals surface area contributed by atoms with Crippen LogP contribution in [0.25, 0.3) is 0 Å². The number of nitrogens with zero attached hydrogens (tertiary/aromatic N) is 1. The summed E-state index contributed by atoms with van der Waals surface area (Å²) in [4.78, 5) is 4.42. The quantitative estimate of drug-likeness (QED) is 0.476. The minimum Gasteiger partial charge on any atom is -0.381 e. The zero-order chi connectivity index (χ0) is 9.10. The van der Waals surface area contributed by atoms with Gasteiger partial charge in [0.05, 0.1) is 6.04 Å². The van der Waals surface area contributed by atoms with Crippen molar-refractivity contribution < 1.29 is 4.74 Å². The van der Waals surface area contributed by atoms with E-state index in [1.165, 1.54) is 12.8 Å². The Bertz CT molecular complexity index is 195. The van der Waals surface area contributed by atoms with Gasteiger partial charge in [-0.25, -0.2) is 4.99 Å². The average molecular weight is 183 g/mol. The van der Waals surface area contributed by atoms with Crippen molar-refractivity contribution in [1.29, 1.82) is 0 Å². The maximum absolute atomic E-state index is 5.74. The molecule has 0 aromatic heterocycles. The van der Waals surface area contributed by atoms with Crippen molar-refractivity contribution in [2.75, 3.05) is 13.2 Å². The molecule has 0 unspecified atom stereocenters. The normalized spacial score (nSPS) is 26.0. The zero-order valence-corrected chi connectivity index (χ0v) is 7.83. The molecule has 4 nitrogen and oxygen atoms in total. The first-order valence-corrected chi connectivity index (χ1v) is 5.02. The number of nitrogens with two attached hydrogens (primary N) is 1. The lowest BCUT2D eigenvalue weighted by molar-refractivity contribution is 0.0870. The van der Waals surface area contributed by atoms with Crippen LogP contribution in [0.5, 0.6) is 0 Å². The first-order valence-electron chi connectivity index (χ1n) is 5.02. The molecule has 0 spiro atoms. The van der Waals surface area contributed by atoms with Crippen molar-refractivity contribution in [1.82, 2.24) is 5.32 Å². The summed E-state index contributed by atoms with van der Waals surface area (Å²) < 4.78 is 5.24. The molecule has 1 heterocycles. The van der Waals surface area contributed by atoms with Crippen molar-refractivity contribution >= 4 is 5.96 Å². The van der Waals surface area contributed by atoms with E-state index in [0.29, 0.717) is 18.0 Å². The van der Waals surface area contributed by atoms with Crippen LogP contribution >= 0.6 is 0 Å². The van der Waals surface area contributed by atoms with E-state index in [4.69, 9.17) is 10.5 Å². The van der Waals surface area contributed by atoms with Gasteiger partial charge in [-0.05, 0) is 25.7 Å². The fourth-order valence-corrected chi connectivity index (χ4v) is 1.49.